The summed E-state index contributed by atoms with van der Waals surface area (Å²) in [5.41, 5.74) is -0.667. The SMILES string of the molecule is CC(C)(O)/C=C/[Te]c1ccccc1. The van der Waals surface area contributed by atoms with Gasteiger partial charge in [-0.15, -0.1) is 0 Å². The fourth-order valence-electron chi connectivity index (χ4n) is 0.778. The van der Waals surface area contributed by atoms with E-state index in [9.17, 15) is 5.11 Å². The molecular formula is C11H14OTe. The van der Waals surface area contributed by atoms with Crippen LogP contribution in [-0.2, 0) is 0 Å². The van der Waals surface area contributed by atoms with Crippen molar-refractivity contribution in [3.05, 3.63) is 40.5 Å². The summed E-state index contributed by atoms with van der Waals surface area (Å²) >= 11 is -0.254. The summed E-state index contributed by atoms with van der Waals surface area (Å²) in [6.07, 6.45) is 1.88. The predicted molar refractivity (Wildman–Crippen MR) is 57.3 cm³/mol. The average Bonchev–Trinajstić information content (AvgIpc) is 2.04. The van der Waals surface area contributed by atoms with Crippen molar-refractivity contribution in [2.24, 2.45) is 0 Å². The zero-order chi connectivity index (χ0) is 9.73. The first-order valence-electron chi connectivity index (χ1n) is 4.20. The van der Waals surface area contributed by atoms with Crippen molar-refractivity contribution in [3.63, 3.8) is 0 Å². The first kappa shape index (κ1) is 10.8. The summed E-state index contributed by atoms with van der Waals surface area (Å²) in [4.78, 5) is 0. The topological polar surface area (TPSA) is 20.2 Å². The van der Waals surface area contributed by atoms with Gasteiger partial charge >= 0.3 is 89.6 Å². The van der Waals surface area contributed by atoms with Crippen LogP contribution in [-0.4, -0.2) is 31.6 Å². The molecule has 0 heterocycles. The third kappa shape index (κ3) is 5.10. The Morgan fingerprint density at radius 2 is 1.85 bits per heavy atom. The van der Waals surface area contributed by atoms with Crippen LogP contribution < -0.4 is 3.61 Å². The second-order valence-electron chi connectivity index (χ2n) is 3.39. The Morgan fingerprint density at radius 3 is 2.38 bits per heavy atom. The van der Waals surface area contributed by atoms with Crippen LogP contribution in [0.25, 0.3) is 0 Å². The zero-order valence-corrected chi connectivity index (χ0v) is 10.2. The molecule has 0 bridgehead atoms. The maximum atomic E-state index is 9.43. The molecule has 2 heteroatoms. The predicted octanol–water partition coefficient (Wildman–Crippen LogP) is 1.30. The van der Waals surface area contributed by atoms with Crippen molar-refractivity contribution in [2.75, 3.05) is 0 Å². The Labute approximate surface area is 89.6 Å². The van der Waals surface area contributed by atoms with Gasteiger partial charge in [-0.2, -0.15) is 0 Å². The van der Waals surface area contributed by atoms with Crippen molar-refractivity contribution in [1.29, 1.82) is 0 Å². The molecule has 0 radical (unpaired) electrons. The second-order valence-corrected chi connectivity index (χ2v) is 6.18. The third-order valence-corrected chi connectivity index (χ3v) is 3.75. The Kier molecular flexibility index (Phi) is 3.99. The van der Waals surface area contributed by atoms with Crippen molar-refractivity contribution < 1.29 is 5.11 Å². The van der Waals surface area contributed by atoms with E-state index >= 15 is 0 Å². The van der Waals surface area contributed by atoms with Gasteiger partial charge in [0.15, 0.2) is 0 Å². The van der Waals surface area contributed by atoms with E-state index in [1.807, 2.05) is 12.1 Å². The van der Waals surface area contributed by atoms with E-state index in [2.05, 4.69) is 28.4 Å². The summed E-state index contributed by atoms with van der Waals surface area (Å²) in [5.74, 6) is 0. The summed E-state index contributed by atoms with van der Waals surface area (Å²) in [6, 6.07) is 10.4. The molecular weight excluding hydrogens is 276 g/mol. The van der Waals surface area contributed by atoms with Crippen molar-refractivity contribution >= 4 is 24.5 Å². The molecule has 0 atom stereocenters. The molecule has 0 aliphatic heterocycles. The molecule has 0 saturated heterocycles. The van der Waals surface area contributed by atoms with E-state index < -0.39 is 5.60 Å². The van der Waals surface area contributed by atoms with Crippen molar-refractivity contribution in [3.8, 4) is 0 Å². The van der Waals surface area contributed by atoms with Crippen LogP contribution in [0.2, 0.25) is 0 Å². The van der Waals surface area contributed by atoms with Crippen LogP contribution in [0.15, 0.2) is 40.5 Å². The number of hydrogen-bond donors (Lipinski definition) is 1. The Hall–Kier alpha value is -0.290. The number of hydrogen-bond acceptors (Lipinski definition) is 1. The van der Waals surface area contributed by atoms with E-state index in [1.165, 1.54) is 3.61 Å². The molecule has 0 aromatic heterocycles. The quantitative estimate of drug-likeness (QED) is 0.832. The molecule has 0 spiro atoms. The summed E-state index contributed by atoms with van der Waals surface area (Å²) in [6.45, 7) is 3.59. The molecule has 0 fully saturated rings. The average molecular weight is 290 g/mol. The maximum absolute atomic E-state index is 9.43. The van der Waals surface area contributed by atoms with Crippen LogP contribution in [0.5, 0.6) is 0 Å². The van der Waals surface area contributed by atoms with Crippen LogP contribution in [0.4, 0.5) is 0 Å². The molecule has 0 amide bonds. The van der Waals surface area contributed by atoms with Gasteiger partial charge in [0.1, 0.15) is 0 Å². The van der Waals surface area contributed by atoms with Gasteiger partial charge in [-0.05, 0) is 0 Å². The van der Waals surface area contributed by atoms with Gasteiger partial charge in [-0.25, -0.2) is 0 Å². The van der Waals surface area contributed by atoms with Gasteiger partial charge in [0.05, 0.1) is 0 Å². The molecule has 0 aliphatic rings. The van der Waals surface area contributed by atoms with Gasteiger partial charge in [0.2, 0.25) is 0 Å². The number of rotatable bonds is 3. The summed E-state index contributed by atoms with van der Waals surface area (Å²) in [5, 5.41) is 9.43. The van der Waals surface area contributed by atoms with Gasteiger partial charge in [-0.1, -0.05) is 0 Å². The number of aliphatic hydroxyl groups is 1. The first-order chi connectivity index (χ1) is 6.08. The van der Waals surface area contributed by atoms with Crippen molar-refractivity contribution in [2.45, 2.75) is 19.4 Å². The van der Waals surface area contributed by atoms with Gasteiger partial charge in [0.25, 0.3) is 0 Å². The van der Waals surface area contributed by atoms with E-state index in [-0.39, 0.29) is 20.9 Å². The first-order valence-corrected chi connectivity index (χ1v) is 6.71. The molecule has 0 aliphatic carbocycles. The summed E-state index contributed by atoms with van der Waals surface area (Å²) < 4.78 is 3.52. The second kappa shape index (κ2) is 4.81. The minimum absolute atomic E-state index is 0.254. The Balaban J connectivity index is 2.49. The van der Waals surface area contributed by atoms with E-state index in [4.69, 9.17) is 0 Å². The van der Waals surface area contributed by atoms with Crippen molar-refractivity contribution in [1.82, 2.24) is 0 Å². The Bertz CT molecular complexity index is 272. The van der Waals surface area contributed by atoms with E-state index in [1.54, 1.807) is 13.8 Å². The molecule has 0 unspecified atom stereocenters. The van der Waals surface area contributed by atoms with E-state index in [0.717, 1.165) is 0 Å². The van der Waals surface area contributed by atoms with E-state index in [0.29, 0.717) is 0 Å². The third-order valence-electron chi connectivity index (χ3n) is 1.42. The van der Waals surface area contributed by atoms with Crippen LogP contribution >= 0.6 is 0 Å². The molecule has 1 aromatic carbocycles. The van der Waals surface area contributed by atoms with Gasteiger partial charge in [0, 0.05) is 0 Å². The number of benzene rings is 1. The van der Waals surface area contributed by atoms with Gasteiger partial charge in [-0.3, -0.25) is 0 Å². The molecule has 1 nitrogen and oxygen atoms in total. The monoisotopic (exact) mass is 292 g/mol. The molecule has 13 heavy (non-hydrogen) atoms. The van der Waals surface area contributed by atoms with Crippen LogP contribution in [0.1, 0.15) is 13.8 Å². The zero-order valence-electron chi connectivity index (χ0n) is 7.90. The molecule has 70 valence electrons. The summed E-state index contributed by atoms with van der Waals surface area (Å²) in [7, 11) is 0. The molecule has 1 rings (SSSR count). The van der Waals surface area contributed by atoms with Crippen LogP contribution in [0.3, 0.4) is 0 Å². The standard InChI is InChI=1S/C11H14OTe/c1-11(2,12)8-9-13-10-6-4-3-5-7-10/h3-9,12H,1-2H3/b9-8+. The molecule has 1 N–H and O–H groups in total. The Morgan fingerprint density at radius 1 is 1.23 bits per heavy atom. The normalized spacial score (nSPS) is 12.2. The van der Waals surface area contributed by atoms with Gasteiger partial charge < -0.3 is 0 Å². The fourth-order valence-corrected chi connectivity index (χ4v) is 3.27. The van der Waals surface area contributed by atoms with Crippen LogP contribution in [0, 0.1) is 0 Å². The molecule has 0 saturated carbocycles. The molecule has 1 aromatic rings. The fraction of sp³-hybridized carbons (Fsp3) is 0.273. The minimum atomic E-state index is -0.667.